The van der Waals surface area contributed by atoms with Crippen LogP contribution in [0.15, 0.2) is 22.7 Å². The summed E-state index contributed by atoms with van der Waals surface area (Å²) in [5, 5.41) is 0. The molecule has 0 bridgehead atoms. The van der Waals surface area contributed by atoms with Crippen LogP contribution in [-0.2, 0) is 4.74 Å². The van der Waals surface area contributed by atoms with E-state index in [4.69, 9.17) is 15.2 Å². The average molecular weight is 312 g/mol. The van der Waals surface area contributed by atoms with E-state index < -0.39 is 0 Å². The maximum atomic E-state index is 6.27. The van der Waals surface area contributed by atoms with E-state index >= 15 is 0 Å². The molecule has 1 saturated heterocycles. The van der Waals surface area contributed by atoms with Gasteiger partial charge in [-0.1, -0.05) is 15.9 Å². The van der Waals surface area contributed by atoms with Gasteiger partial charge in [0.15, 0.2) is 0 Å². The lowest BCUT2D eigenvalue weighted by Crippen LogP contribution is -2.38. The topological polar surface area (TPSA) is 44.5 Å². The molecule has 2 aliphatic heterocycles. The van der Waals surface area contributed by atoms with E-state index in [9.17, 15) is 0 Å². The lowest BCUT2D eigenvalue weighted by molar-refractivity contribution is -0.00924. The van der Waals surface area contributed by atoms with Crippen molar-refractivity contribution in [2.45, 2.75) is 31.4 Å². The summed E-state index contributed by atoms with van der Waals surface area (Å²) in [5.41, 5.74) is 7.38. The fraction of sp³-hybridized carbons (Fsp3) is 0.571. The van der Waals surface area contributed by atoms with Gasteiger partial charge in [0.1, 0.15) is 11.9 Å². The quantitative estimate of drug-likeness (QED) is 0.867. The Labute approximate surface area is 116 Å². The Morgan fingerprint density at radius 3 is 3.00 bits per heavy atom. The van der Waals surface area contributed by atoms with Crippen LogP contribution in [0.5, 0.6) is 5.75 Å². The normalized spacial score (nSPS) is 31.6. The van der Waals surface area contributed by atoms with E-state index in [1.807, 2.05) is 12.1 Å². The SMILES string of the molecule is NC1CC(C2CCCOC2)Oc2ccc(Br)cc21. The fourth-order valence-corrected chi connectivity index (χ4v) is 3.23. The molecule has 0 amide bonds. The first-order chi connectivity index (χ1) is 8.74. The Balaban J connectivity index is 1.80. The minimum Gasteiger partial charge on any atom is -0.490 e. The highest BCUT2D eigenvalue weighted by molar-refractivity contribution is 9.10. The van der Waals surface area contributed by atoms with Gasteiger partial charge in [0.2, 0.25) is 0 Å². The summed E-state index contributed by atoms with van der Waals surface area (Å²) < 4.78 is 12.7. The molecule has 0 spiro atoms. The number of hydrogen-bond donors (Lipinski definition) is 1. The maximum absolute atomic E-state index is 6.27. The molecule has 0 aromatic heterocycles. The minimum atomic E-state index is 0.0678. The molecule has 2 aliphatic rings. The van der Waals surface area contributed by atoms with Crippen LogP contribution in [0.2, 0.25) is 0 Å². The summed E-state index contributed by atoms with van der Waals surface area (Å²) in [6, 6.07) is 6.15. The minimum absolute atomic E-state index is 0.0678. The van der Waals surface area contributed by atoms with Crippen molar-refractivity contribution < 1.29 is 9.47 Å². The van der Waals surface area contributed by atoms with Crippen molar-refractivity contribution >= 4 is 15.9 Å². The number of halogens is 1. The molecule has 1 aromatic carbocycles. The molecule has 0 saturated carbocycles. The summed E-state index contributed by atoms with van der Waals surface area (Å²) in [6.07, 6.45) is 3.40. The molecule has 2 heterocycles. The molecule has 3 rings (SSSR count). The monoisotopic (exact) mass is 311 g/mol. The number of nitrogens with two attached hydrogens (primary N) is 1. The number of fused-ring (bicyclic) bond motifs is 1. The van der Waals surface area contributed by atoms with Crippen LogP contribution >= 0.6 is 15.9 Å². The van der Waals surface area contributed by atoms with Crippen molar-refractivity contribution in [1.29, 1.82) is 0 Å². The molecule has 4 heteroatoms. The third-order valence-corrected chi connectivity index (χ3v) is 4.35. The first-order valence-corrected chi connectivity index (χ1v) is 7.33. The molecule has 3 nitrogen and oxygen atoms in total. The van der Waals surface area contributed by atoms with Crippen LogP contribution in [0.3, 0.4) is 0 Å². The Morgan fingerprint density at radius 2 is 2.22 bits per heavy atom. The summed E-state index contributed by atoms with van der Waals surface area (Å²) in [4.78, 5) is 0. The zero-order chi connectivity index (χ0) is 12.5. The smallest absolute Gasteiger partial charge is 0.124 e. The second-order valence-corrected chi connectivity index (χ2v) is 6.07. The molecule has 0 aliphatic carbocycles. The predicted molar refractivity (Wildman–Crippen MR) is 73.6 cm³/mol. The van der Waals surface area contributed by atoms with Gasteiger partial charge in [-0.25, -0.2) is 0 Å². The third-order valence-electron chi connectivity index (χ3n) is 3.86. The second kappa shape index (κ2) is 5.19. The fourth-order valence-electron chi connectivity index (χ4n) is 2.85. The van der Waals surface area contributed by atoms with Gasteiger partial charge in [-0.2, -0.15) is 0 Å². The lowest BCUT2D eigenvalue weighted by Gasteiger charge is -2.36. The zero-order valence-electron chi connectivity index (χ0n) is 10.3. The first kappa shape index (κ1) is 12.5. The van der Waals surface area contributed by atoms with E-state index in [1.54, 1.807) is 0 Å². The maximum Gasteiger partial charge on any atom is 0.124 e. The van der Waals surface area contributed by atoms with Crippen LogP contribution in [0.25, 0.3) is 0 Å². The molecule has 1 fully saturated rings. The van der Waals surface area contributed by atoms with Gasteiger partial charge in [0.25, 0.3) is 0 Å². The first-order valence-electron chi connectivity index (χ1n) is 6.53. The summed E-state index contributed by atoms with van der Waals surface area (Å²) >= 11 is 3.48. The molecule has 3 atom stereocenters. The number of benzene rings is 1. The molecule has 1 aromatic rings. The third kappa shape index (κ3) is 2.42. The zero-order valence-corrected chi connectivity index (χ0v) is 11.9. The Bertz CT molecular complexity index is 432. The molecule has 3 unspecified atom stereocenters. The van der Waals surface area contributed by atoms with Crippen LogP contribution in [0.1, 0.15) is 30.9 Å². The molecule has 98 valence electrons. The molecular formula is C14H18BrNO2. The van der Waals surface area contributed by atoms with Crippen molar-refractivity contribution in [3.63, 3.8) is 0 Å². The predicted octanol–water partition coefficient (Wildman–Crippen LogP) is 3.03. The van der Waals surface area contributed by atoms with Crippen LogP contribution in [-0.4, -0.2) is 19.3 Å². The van der Waals surface area contributed by atoms with Gasteiger partial charge in [-0.05, 0) is 31.0 Å². The Kier molecular flexibility index (Phi) is 3.59. The highest BCUT2D eigenvalue weighted by Gasteiger charge is 2.32. The van der Waals surface area contributed by atoms with E-state index in [2.05, 4.69) is 22.0 Å². The molecule has 18 heavy (non-hydrogen) atoms. The van der Waals surface area contributed by atoms with Crippen molar-refractivity contribution in [3.8, 4) is 5.75 Å². The van der Waals surface area contributed by atoms with Crippen molar-refractivity contribution in [1.82, 2.24) is 0 Å². The van der Waals surface area contributed by atoms with E-state index in [0.717, 1.165) is 41.8 Å². The van der Waals surface area contributed by atoms with E-state index in [-0.39, 0.29) is 12.1 Å². The summed E-state index contributed by atoms with van der Waals surface area (Å²) in [6.45, 7) is 1.70. The van der Waals surface area contributed by atoms with Gasteiger partial charge in [0, 0.05) is 35.0 Å². The Hall–Kier alpha value is -0.580. The van der Waals surface area contributed by atoms with Gasteiger partial charge in [-0.15, -0.1) is 0 Å². The van der Waals surface area contributed by atoms with Gasteiger partial charge >= 0.3 is 0 Å². The van der Waals surface area contributed by atoms with Gasteiger partial charge < -0.3 is 15.2 Å². The highest BCUT2D eigenvalue weighted by atomic mass is 79.9. The van der Waals surface area contributed by atoms with Crippen LogP contribution < -0.4 is 10.5 Å². The summed E-state index contributed by atoms with van der Waals surface area (Å²) in [5.74, 6) is 1.43. The molecule has 2 N–H and O–H groups in total. The van der Waals surface area contributed by atoms with Gasteiger partial charge in [-0.3, -0.25) is 0 Å². The van der Waals surface area contributed by atoms with Gasteiger partial charge in [0.05, 0.1) is 6.61 Å². The highest BCUT2D eigenvalue weighted by Crippen LogP contribution is 2.38. The molecular weight excluding hydrogens is 294 g/mol. The average Bonchev–Trinajstić information content (AvgIpc) is 2.40. The van der Waals surface area contributed by atoms with Crippen LogP contribution in [0, 0.1) is 5.92 Å². The number of rotatable bonds is 1. The van der Waals surface area contributed by atoms with E-state index in [0.29, 0.717) is 5.92 Å². The van der Waals surface area contributed by atoms with E-state index in [1.165, 1.54) is 6.42 Å². The van der Waals surface area contributed by atoms with Crippen molar-refractivity contribution in [3.05, 3.63) is 28.2 Å². The molecule has 0 radical (unpaired) electrons. The van der Waals surface area contributed by atoms with Crippen molar-refractivity contribution in [2.75, 3.05) is 13.2 Å². The van der Waals surface area contributed by atoms with Crippen molar-refractivity contribution in [2.24, 2.45) is 11.7 Å². The largest absolute Gasteiger partial charge is 0.490 e. The lowest BCUT2D eigenvalue weighted by atomic mass is 9.87. The van der Waals surface area contributed by atoms with Crippen LogP contribution in [0.4, 0.5) is 0 Å². The second-order valence-electron chi connectivity index (χ2n) is 5.16. The standard InChI is InChI=1S/C14H18BrNO2/c15-10-3-4-13-11(6-10)12(16)7-14(18-13)9-2-1-5-17-8-9/h3-4,6,9,12,14H,1-2,5,7-8,16H2. The Morgan fingerprint density at radius 1 is 1.33 bits per heavy atom. The summed E-state index contributed by atoms with van der Waals surface area (Å²) in [7, 11) is 0. The number of ether oxygens (including phenoxy) is 2. The number of hydrogen-bond acceptors (Lipinski definition) is 3.